The van der Waals surface area contributed by atoms with Crippen molar-refractivity contribution in [3.05, 3.63) is 101 Å². The highest BCUT2D eigenvalue weighted by Crippen LogP contribution is 2.53. The monoisotopic (exact) mass is 547 g/mol. The predicted octanol–water partition coefficient (Wildman–Crippen LogP) is 5.22. The number of Topliss-reactive ketones (excluding diaryl/α,β-unsaturated/α-hetero) is 1. The lowest BCUT2D eigenvalue weighted by Crippen LogP contribution is -2.40. The number of methoxy groups -OCH3 is 1. The van der Waals surface area contributed by atoms with E-state index in [4.69, 9.17) is 4.74 Å². The summed E-state index contributed by atoms with van der Waals surface area (Å²) in [4.78, 5) is 55.5. The van der Waals surface area contributed by atoms with Gasteiger partial charge in [0.05, 0.1) is 24.6 Å². The van der Waals surface area contributed by atoms with Crippen molar-refractivity contribution in [1.82, 2.24) is 0 Å². The van der Waals surface area contributed by atoms with E-state index in [1.807, 2.05) is 30.4 Å². The molecule has 1 aliphatic heterocycles. The zero-order valence-corrected chi connectivity index (χ0v) is 22.8. The Labute approximate surface area is 237 Å². The second kappa shape index (κ2) is 10.0. The van der Waals surface area contributed by atoms with E-state index in [0.717, 1.165) is 16.7 Å². The molecule has 0 spiro atoms. The van der Waals surface area contributed by atoms with Crippen molar-refractivity contribution in [3.8, 4) is 11.5 Å². The van der Waals surface area contributed by atoms with Gasteiger partial charge in [-0.3, -0.25) is 24.1 Å². The number of hydrogen-bond donors (Lipinski definition) is 1. The lowest BCUT2D eigenvalue weighted by molar-refractivity contribution is -0.123. The van der Waals surface area contributed by atoms with Crippen molar-refractivity contribution in [3.63, 3.8) is 0 Å². The molecule has 206 valence electrons. The first-order valence-corrected chi connectivity index (χ1v) is 13.6. The number of phenols is 1. The number of allylic oxidation sites excluding steroid dienone is 7. The molecule has 2 aromatic rings. The summed E-state index contributed by atoms with van der Waals surface area (Å²) in [5.41, 5.74) is 4.23. The van der Waals surface area contributed by atoms with Gasteiger partial charge in [-0.1, -0.05) is 54.7 Å². The van der Waals surface area contributed by atoms with E-state index in [-0.39, 0.29) is 35.6 Å². The van der Waals surface area contributed by atoms with Gasteiger partial charge in [0, 0.05) is 22.6 Å². The van der Waals surface area contributed by atoms with Crippen LogP contribution in [0.5, 0.6) is 11.5 Å². The fraction of sp³-hybridized carbons (Fsp3) is 0.235. The van der Waals surface area contributed by atoms with Gasteiger partial charge < -0.3 is 9.84 Å². The first-order valence-electron chi connectivity index (χ1n) is 13.6. The molecule has 0 saturated carbocycles. The normalized spacial score (nSPS) is 25.6. The molecule has 2 aromatic carbocycles. The van der Waals surface area contributed by atoms with Gasteiger partial charge in [-0.05, 0) is 67.2 Å². The number of aromatic hydroxyl groups is 1. The minimum atomic E-state index is -0.630. The van der Waals surface area contributed by atoms with Crippen molar-refractivity contribution in [2.24, 2.45) is 23.7 Å². The summed E-state index contributed by atoms with van der Waals surface area (Å²) in [5, 5.41) is 9.99. The summed E-state index contributed by atoms with van der Waals surface area (Å²) < 4.78 is 5.23. The highest BCUT2D eigenvalue weighted by atomic mass is 16.5. The minimum Gasteiger partial charge on any atom is -0.504 e. The number of imide groups is 1. The summed E-state index contributed by atoms with van der Waals surface area (Å²) >= 11 is 0. The van der Waals surface area contributed by atoms with Crippen molar-refractivity contribution < 1.29 is 29.0 Å². The van der Waals surface area contributed by atoms with Gasteiger partial charge in [0.2, 0.25) is 11.8 Å². The Kier molecular flexibility index (Phi) is 6.45. The molecule has 2 amide bonds. The molecular weight excluding hydrogens is 518 g/mol. The van der Waals surface area contributed by atoms with E-state index in [1.54, 1.807) is 37.3 Å². The first kappa shape index (κ1) is 26.4. The van der Waals surface area contributed by atoms with E-state index in [2.05, 4.69) is 6.58 Å². The Morgan fingerprint density at radius 2 is 1.73 bits per heavy atom. The molecule has 41 heavy (non-hydrogen) atoms. The van der Waals surface area contributed by atoms with E-state index >= 15 is 0 Å². The van der Waals surface area contributed by atoms with E-state index in [9.17, 15) is 24.3 Å². The number of amides is 2. The minimum absolute atomic E-state index is 0.00942. The number of nitrogens with zero attached hydrogens (tertiary/aromatic N) is 1. The highest BCUT2D eigenvalue weighted by Gasteiger charge is 2.56. The third-order valence-electron chi connectivity index (χ3n) is 8.68. The van der Waals surface area contributed by atoms with Crippen LogP contribution in [0.2, 0.25) is 0 Å². The van der Waals surface area contributed by atoms with Crippen LogP contribution in [0.25, 0.3) is 12.2 Å². The number of hydrogen-bond acceptors (Lipinski definition) is 6. The van der Waals surface area contributed by atoms with Gasteiger partial charge in [0.25, 0.3) is 0 Å². The molecule has 1 fully saturated rings. The number of phenolic OH excluding ortho intramolecular Hbond substituents is 1. The maximum Gasteiger partial charge on any atom is 0.238 e. The largest absolute Gasteiger partial charge is 0.504 e. The molecule has 1 heterocycles. The highest BCUT2D eigenvalue weighted by molar-refractivity contribution is 6.24. The Bertz CT molecular complexity index is 1650. The van der Waals surface area contributed by atoms with Crippen LogP contribution in [0.4, 0.5) is 5.69 Å². The average Bonchev–Trinajstić information content (AvgIpc) is 3.24. The van der Waals surface area contributed by atoms with Crippen molar-refractivity contribution in [2.45, 2.75) is 19.8 Å². The van der Waals surface area contributed by atoms with Gasteiger partial charge in [-0.2, -0.15) is 0 Å². The second-order valence-corrected chi connectivity index (χ2v) is 10.9. The molecule has 0 unspecified atom stereocenters. The molecule has 1 N–H and O–H groups in total. The quantitative estimate of drug-likeness (QED) is 0.313. The number of benzene rings is 2. The number of fused-ring (bicyclic) bond motifs is 3. The van der Waals surface area contributed by atoms with E-state index < -0.39 is 23.7 Å². The molecule has 1 saturated heterocycles. The summed E-state index contributed by atoms with van der Waals surface area (Å²) in [5.74, 6) is -2.70. The van der Waals surface area contributed by atoms with Crippen molar-refractivity contribution in [2.75, 3.05) is 12.0 Å². The number of ketones is 2. The summed E-state index contributed by atoms with van der Waals surface area (Å²) in [6.07, 6.45) is 9.37. The zero-order chi connectivity index (χ0) is 29.0. The summed E-state index contributed by atoms with van der Waals surface area (Å²) in [6.45, 7) is 5.39. The second-order valence-electron chi connectivity index (χ2n) is 10.9. The van der Waals surface area contributed by atoms with Crippen LogP contribution in [-0.2, 0) is 19.2 Å². The number of ether oxygens (including phenoxy) is 1. The van der Waals surface area contributed by atoms with Crippen LogP contribution >= 0.6 is 0 Å². The number of carbonyl (C=O) groups is 4. The SMILES string of the molecule is C=Cc1ccc(N2C(=O)[C@H]3[C@H](CC=C4[C@H](C=Cc5ccc(O)c(OC)c5)C5=C(C[C@H]43)C(=O)C(C)=CC5=O)C2=O)cc1. The molecule has 4 atom stereocenters. The first-order chi connectivity index (χ1) is 19.7. The molecule has 6 rings (SSSR count). The molecule has 7 heteroatoms. The van der Waals surface area contributed by atoms with Crippen LogP contribution in [0.3, 0.4) is 0 Å². The smallest absolute Gasteiger partial charge is 0.238 e. The van der Waals surface area contributed by atoms with Crippen LogP contribution in [0.1, 0.15) is 30.9 Å². The summed E-state index contributed by atoms with van der Waals surface area (Å²) in [7, 11) is 1.46. The van der Waals surface area contributed by atoms with Gasteiger partial charge >= 0.3 is 0 Å². The Balaban J connectivity index is 1.41. The van der Waals surface area contributed by atoms with Gasteiger partial charge in [0.1, 0.15) is 0 Å². The predicted molar refractivity (Wildman–Crippen MR) is 155 cm³/mol. The van der Waals surface area contributed by atoms with Gasteiger partial charge in [0.15, 0.2) is 23.1 Å². The lowest BCUT2D eigenvalue weighted by Gasteiger charge is -2.41. The fourth-order valence-corrected chi connectivity index (χ4v) is 6.68. The molecule has 0 aromatic heterocycles. The zero-order valence-electron chi connectivity index (χ0n) is 22.8. The Morgan fingerprint density at radius 3 is 2.44 bits per heavy atom. The third-order valence-corrected chi connectivity index (χ3v) is 8.68. The fourth-order valence-electron chi connectivity index (χ4n) is 6.68. The molecular formula is C34H29NO6. The summed E-state index contributed by atoms with van der Waals surface area (Å²) in [6, 6.07) is 12.0. The molecule has 0 radical (unpaired) electrons. The number of anilines is 1. The third kappa shape index (κ3) is 4.20. The van der Waals surface area contributed by atoms with Gasteiger partial charge in [-0.15, -0.1) is 0 Å². The van der Waals surface area contributed by atoms with Crippen molar-refractivity contribution in [1.29, 1.82) is 0 Å². The van der Waals surface area contributed by atoms with Crippen molar-refractivity contribution >= 4 is 41.2 Å². The Hall–Kier alpha value is -4.78. The van der Waals surface area contributed by atoms with E-state index in [0.29, 0.717) is 34.6 Å². The molecule has 0 bridgehead atoms. The molecule has 3 aliphatic carbocycles. The number of rotatable bonds is 5. The topological polar surface area (TPSA) is 101 Å². The number of carbonyl (C=O) groups excluding carboxylic acids is 4. The van der Waals surface area contributed by atoms with Gasteiger partial charge in [-0.25, -0.2) is 0 Å². The molecule has 4 aliphatic rings. The average molecular weight is 548 g/mol. The Morgan fingerprint density at radius 1 is 1.00 bits per heavy atom. The maximum absolute atomic E-state index is 13.9. The standard InChI is InChI=1S/C34H29NO6/c1-4-19-5-9-21(10-6-19)35-33(39)24-13-12-22-23(11-7-20-8-14-27(36)29(16-20)41-3)30-26(17-25(22)31(24)34(35)40)32(38)18(2)15-28(30)37/h4-12,14-16,23-25,31,36H,1,13,17H2,2-3H3/t23-,24-,25+,31-/m0/s1. The van der Waals surface area contributed by atoms with Crippen LogP contribution in [0.15, 0.2) is 89.6 Å². The lowest BCUT2D eigenvalue weighted by atomic mass is 9.60. The molecule has 7 nitrogen and oxygen atoms in total. The van der Waals surface area contributed by atoms with Crippen LogP contribution < -0.4 is 9.64 Å². The van der Waals surface area contributed by atoms with Crippen LogP contribution in [-0.4, -0.2) is 35.6 Å². The maximum atomic E-state index is 13.9. The van der Waals surface area contributed by atoms with E-state index in [1.165, 1.54) is 24.2 Å². The van der Waals surface area contributed by atoms with Crippen LogP contribution in [0, 0.1) is 23.7 Å².